The lowest BCUT2D eigenvalue weighted by atomic mass is 9.48. The van der Waals surface area contributed by atoms with Gasteiger partial charge in [0.05, 0.1) is 0 Å². The predicted molar refractivity (Wildman–Crippen MR) is 129 cm³/mol. The average molecular weight is 443 g/mol. The number of carbonyl (C=O) groups is 2. The van der Waals surface area contributed by atoms with Crippen LogP contribution in [0.25, 0.3) is 0 Å². The summed E-state index contributed by atoms with van der Waals surface area (Å²) in [6, 6.07) is 0. The summed E-state index contributed by atoms with van der Waals surface area (Å²) < 4.78 is 5.94. The number of rotatable bonds is 9. The standard InChI is InChI=1S/C29H46O3/c1-4-5-6-7-8-9-10-11-27(31)32-22-16-18-28(2)21(20-22)12-13-23-24-14-15-26(30)29(24,3)19-17-25(23)28/h12,22-25H,4-11,13-20H2,1-3H3/t22-,23-,24-,25-,28-,29-/m0/s1. The molecule has 32 heavy (non-hydrogen) atoms. The number of ketones is 1. The molecule has 0 unspecified atom stereocenters. The van der Waals surface area contributed by atoms with E-state index in [0.717, 1.165) is 57.8 Å². The maximum Gasteiger partial charge on any atom is 0.306 e. The first kappa shape index (κ1) is 24.0. The van der Waals surface area contributed by atoms with Gasteiger partial charge in [-0.25, -0.2) is 0 Å². The van der Waals surface area contributed by atoms with E-state index in [1.807, 2.05) is 0 Å². The van der Waals surface area contributed by atoms with Crippen molar-refractivity contribution in [3.63, 3.8) is 0 Å². The van der Waals surface area contributed by atoms with E-state index in [2.05, 4.69) is 26.8 Å². The van der Waals surface area contributed by atoms with E-state index in [0.29, 0.717) is 30.0 Å². The summed E-state index contributed by atoms with van der Waals surface area (Å²) in [5.41, 5.74) is 1.75. The molecule has 3 fully saturated rings. The highest BCUT2D eigenvalue weighted by atomic mass is 16.5. The minimum Gasteiger partial charge on any atom is -0.462 e. The number of unbranched alkanes of at least 4 members (excludes halogenated alkanes) is 6. The highest BCUT2D eigenvalue weighted by molar-refractivity contribution is 5.87. The maximum absolute atomic E-state index is 12.6. The van der Waals surface area contributed by atoms with Gasteiger partial charge in [0.15, 0.2) is 0 Å². The Morgan fingerprint density at radius 2 is 1.66 bits per heavy atom. The second-order valence-corrected chi connectivity index (χ2v) is 11.9. The molecular weight excluding hydrogens is 396 g/mol. The first-order chi connectivity index (χ1) is 15.4. The smallest absolute Gasteiger partial charge is 0.306 e. The van der Waals surface area contributed by atoms with Crippen molar-refractivity contribution in [2.75, 3.05) is 0 Å². The molecule has 0 radical (unpaired) electrons. The molecule has 0 spiro atoms. The van der Waals surface area contributed by atoms with Gasteiger partial charge in [-0.3, -0.25) is 9.59 Å². The normalized spacial score (nSPS) is 38.5. The van der Waals surface area contributed by atoms with E-state index < -0.39 is 0 Å². The van der Waals surface area contributed by atoms with Crippen molar-refractivity contribution in [2.24, 2.45) is 28.6 Å². The van der Waals surface area contributed by atoms with Crippen molar-refractivity contribution in [1.29, 1.82) is 0 Å². The monoisotopic (exact) mass is 442 g/mol. The summed E-state index contributed by atoms with van der Waals surface area (Å²) in [5, 5.41) is 0. The highest BCUT2D eigenvalue weighted by Crippen LogP contribution is 2.64. The first-order valence-electron chi connectivity index (χ1n) is 13.8. The Morgan fingerprint density at radius 1 is 0.969 bits per heavy atom. The third-order valence-electron chi connectivity index (χ3n) is 10.1. The largest absolute Gasteiger partial charge is 0.462 e. The molecule has 0 aromatic rings. The number of hydrogen-bond donors (Lipinski definition) is 0. The van der Waals surface area contributed by atoms with Crippen LogP contribution in [0.5, 0.6) is 0 Å². The fraction of sp³-hybridized carbons (Fsp3) is 0.862. The Hall–Kier alpha value is -1.12. The summed E-state index contributed by atoms with van der Waals surface area (Å²) in [5.74, 6) is 2.50. The third kappa shape index (κ3) is 4.60. The van der Waals surface area contributed by atoms with Gasteiger partial charge in [-0.05, 0) is 68.1 Å². The van der Waals surface area contributed by atoms with E-state index in [1.54, 1.807) is 5.57 Å². The Labute approximate surface area is 196 Å². The Kier molecular flexibility index (Phi) is 7.52. The molecule has 3 heteroatoms. The van der Waals surface area contributed by atoms with Crippen LogP contribution in [0.1, 0.15) is 124 Å². The zero-order chi connectivity index (χ0) is 22.8. The first-order valence-corrected chi connectivity index (χ1v) is 13.8. The zero-order valence-corrected chi connectivity index (χ0v) is 20.9. The molecule has 0 saturated heterocycles. The van der Waals surface area contributed by atoms with Crippen LogP contribution >= 0.6 is 0 Å². The summed E-state index contributed by atoms with van der Waals surface area (Å²) in [6.07, 6.45) is 20.1. The van der Waals surface area contributed by atoms with Crippen molar-refractivity contribution < 1.29 is 14.3 Å². The fourth-order valence-corrected chi connectivity index (χ4v) is 7.97. The van der Waals surface area contributed by atoms with Gasteiger partial charge < -0.3 is 4.74 Å². The molecule has 3 saturated carbocycles. The number of esters is 1. The molecule has 3 nitrogen and oxygen atoms in total. The number of allylic oxidation sites excluding steroid dienone is 1. The molecule has 6 atom stereocenters. The molecule has 4 aliphatic carbocycles. The molecule has 0 heterocycles. The topological polar surface area (TPSA) is 43.4 Å². The second-order valence-electron chi connectivity index (χ2n) is 11.9. The Morgan fingerprint density at radius 3 is 2.44 bits per heavy atom. The molecule has 4 aliphatic rings. The molecule has 0 N–H and O–H groups in total. The highest BCUT2D eigenvalue weighted by Gasteiger charge is 2.58. The van der Waals surface area contributed by atoms with E-state index in [9.17, 15) is 9.59 Å². The van der Waals surface area contributed by atoms with Crippen molar-refractivity contribution in [3.8, 4) is 0 Å². The fourth-order valence-electron chi connectivity index (χ4n) is 7.97. The molecule has 0 aromatic heterocycles. The van der Waals surface area contributed by atoms with Gasteiger partial charge in [-0.1, -0.05) is 70.9 Å². The van der Waals surface area contributed by atoms with Crippen molar-refractivity contribution in [3.05, 3.63) is 11.6 Å². The van der Waals surface area contributed by atoms with E-state index >= 15 is 0 Å². The lowest BCUT2D eigenvalue weighted by Gasteiger charge is -2.56. The molecule has 180 valence electrons. The number of hydrogen-bond acceptors (Lipinski definition) is 3. The molecule has 0 aromatic carbocycles. The van der Waals surface area contributed by atoms with Crippen LogP contribution in [0.3, 0.4) is 0 Å². The predicted octanol–water partition coefficient (Wildman–Crippen LogP) is 7.57. The lowest BCUT2D eigenvalue weighted by molar-refractivity contribution is -0.151. The summed E-state index contributed by atoms with van der Waals surface area (Å²) in [6.45, 7) is 6.98. The van der Waals surface area contributed by atoms with E-state index in [4.69, 9.17) is 4.74 Å². The lowest BCUT2D eigenvalue weighted by Crippen LogP contribution is -2.50. The zero-order valence-electron chi connectivity index (χ0n) is 20.9. The Bertz CT molecular complexity index is 724. The minimum absolute atomic E-state index is 0.0133. The van der Waals surface area contributed by atoms with Gasteiger partial charge in [0.1, 0.15) is 11.9 Å². The molecule has 0 bridgehead atoms. The number of Topliss-reactive ketones (excluding diaryl/α,β-unsaturated/α-hetero) is 1. The molecular formula is C29H46O3. The van der Waals surface area contributed by atoms with Crippen LogP contribution in [-0.2, 0) is 14.3 Å². The summed E-state index contributed by atoms with van der Waals surface area (Å²) >= 11 is 0. The van der Waals surface area contributed by atoms with Gasteiger partial charge in [0, 0.05) is 24.7 Å². The summed E-state index contributed by atoms with van der Waals surface area (Å²) in [4.78, 5) is 25.0. The van der Waals surface area contributed by atoms with E-state index in [1.165, 1.54) is 38.5 Å². The van der Waals surface area contributed by atoms with Gasteiger partial charge >= 0.3 is 5.97 Å². The van der Waals surface area contributed by atoms with Crippen molar-refractivity contribution in [1.82, 2.24) is 0 Å². The SMILES string of the molecule is CCCCCCCCCC(=O)O[C@H]1CC[C@@]2(C)C(=CC[C@@H]3[C@@H]2CC[C@]2(C)C(=O)CC[C@@H]32)C1. The van der Waals surface area contributed by atoms with Crippen LogP contribution in [0.4, 0.5) is 0 Å². The minimum atomic E-state index is -0.0500. The van der Waals surface area contributed by atoms with Gasteiger partial charge in [-0.2, -0.15) is 0 Å². The van der Waals surface area contributed by atoms with Crippen LogP contribution in [-0.4, -0.2) is 17.9 Å². The molecule has 4 rings (SSSR count). The van der Waals surface area contributed by atoms with Crippen molar-refractivity contribution >= 4 is 11.8 Å². The van der Waals surface area contributed by atoms with Gasteiger partial charge in [-0.15, -0.1) is 0 Å². The third-order valence-corrected chi connectivity index (χ3v) is 10.1. The van der Waals surface area contributed by atoms with Crippen LogP contribution < -0.4 is 0 Å². The van der Waals surface area contributed by atoms with Crippen LogP contribution in [0, 0.1) is 28.6 Å². The number of ether oxygens (including phenoxy) is 1. The van der Waals surface area contributed by atoms with Crippen LogP contribution in [0.15, 0.2) is 11.6 Å². The van der Waals surface area contributed by atoms with Crippen LogP contribution in [0.2, 0.25) is 0 Å². The van der Waals surface area contributed by atoms with Gasteiger partial charge in [0.25, 0.3) is 0 Å². The number of fused-ring (bicyclic) bond motifs is 5. The van der Waals surface area contributed by atoms with Gasteiger partial charge in [0.2, 0.25) is 0 Å². The average Bonchev–Trinajstić information content (AvgIpc) is 3.08. The molecule has 0 aliphatic heterocycles. The Balaban J connectivity index is 1.28. The second kappa shape index (κ2) is 10.0. The maximum atomic E-state index is 12.6. The van der Waals surface area contributed by atoms with E-state index in [-0.39, 0.29) is 22.9 Å². The van der Waals surface area contributed by atoms with Crippen molar-refractivity contribution in [2.45, 2.75) is 130 Å². The summed E-state index contributed by atoms with van der Waals surface area (Å²) in [7, 11) is 0. The quantitative estimate of drug-likeness (QED) is 0.210. The molecule has 0 amide bonds. The number of carbonyl (C=O) groups excluding carboxylic acids is 2.